The molecule has 1 aliphatic rings. The normalized spacial score (nSPS) is 22.9. The van der Waals surface area contributed by atoms with Crippen LogP contribution in [0.5, 0.6) is 5.75 Å². The standard InChI is InChI=1S/C15H21NO4/c1-10-5-4-6-13(14(10)17)15(18)16-7-11(2)20-12(8-16)9-19-3/h4-6,11-12,17H,7-9H2,1-3H3. The van der Waals surface area contributed by atoms with E-state index in [1.54, 1.807) is 37.1 Å². The summed E-state index contributed by atoms with van der Waals surface area (Å²) in [5, 5.41) is 10.0. The van der Waals surface area contributed by atoms with Crippen molar-refractivity contribution in [3.05, 3.63) is 29.3 Å². The Balaban J connectivity index is 2.17. The summed E-state index contributed by atoms with van der Waals surface area (Å²) < 4.78 is 10.8. The zero-order chi connectivity index (χ0) is 14.7. The van der Waals surface area contributed by atoms with E-state index in [9.17, 15) is 9.90 Å². The second-order valence-electron chi connectivity index (χ2n) is 5.21. The van der Waals surface area contributed by atoms with Crippen LogP contribution < -0.4 is 0 Å². The molecule has 0 radical (unpaired) electrons. The Morgan fingerprint density at radius 1 is 1.50 bits per heavy atom. The van der Waals surface area contributed by atoms with E-state index in [1.807, 2.05) is 6.92 Å². The second kappa shape index (κ2) is 6.24. The fraction of sp³-hybridized carbons (Fsp3) is 0.533. The second-order valence-corrected chi connectivity index (χ2v) is 5.21. The molecule has 1 aliphatic heterocycles. The molecule has 2 atom stereocenters. The summed E-state index contributed by atoms with van der Waals surface area (Å²) in [4.78, 5) is 14.3. The molecule has 0 aromatic heterocycles. The molecule has 1 heterocycles. The van der Waals surface area contributed by atoms with E-state index in [0.29, 0.717) is 30.8 Å². The van der Waals surface area contributed by atoms with Crippen LogP contribution in [0.1, 0.15) is 22.8 Å². The Labute approximate surface area is 119 Å². The zero-order valence-electron chi connectivity index (χ0n) is 12.1. The molecular weight excluding hydrogens is 258 g/mol. The minimum atomic E-state index is -0.164. The predicted molar refractivity (Wildman–Crippen MR) is 75.0 cm³/mol. The number of rotatable bonds is 3. The van der Waals surface area contributed by atoms with Crippen molar-refractivity contribution in [1.29, 1.82) is 0 Å². The summed E-state index contributed by atoms with van der Waals surface area (Å²) in [6, 6.07) is 5.21. The van der Waals surface area contributed by atoms with Crippen molar-refractivity contribution in [3.63, 3.8) is 0 Å². The number of carbonyl (C=O) groups excluding carboxylic acids is 1. The van der Waals surface area contributed by atoms with Crippen molar-refractivity contribution < 1.29 is 19.4 Å². The number of ether oxygens (including phenoxy) is 2. The van der Waals surface area contributed by atoms with Crippen LogP contribution in [0.25, 0.3) is 0 Å². The highest BCUT2D eigenvalue weighted by molar-refractivity contribution is 5.97. The highest BCUT2D eigenvalue weighted by atomic mass is 16.5. The lowest BCUT2D eigenvalue weighted by Crippen LogP contribution is -2.50. The lowest BCUT2D eigenvalue weighted by atomic mass is 10.1. The first-order valence-corrected chi connectivity index (χ1v) is 6.75. The zero-order valence-corrected chi connectivity index (χ0v) is 12.1. The molecule has 1 saturated heterocycles. The summed E-state index contributed by atoms with van der Waals surface area (Å²) >= 11 is 0. The number of phenolic OH excluding ortho intramolecular Hbond substituents is 1. The maximum atomic E-state index is 12.5. The number of hydrogen-bond acceptors (Lipinski definition) is 4. The SMILES string of the molecule is COCC1CN(C(=O)c2cccc(C)c2O)CC(C)O1. The summed E-state index contributed by atoms with van der Waals surface area (Å²) in [6.45, 7) is 5.16. The lowest BCUT2D eigenvalue weighted by Gasteiger charge is -2.36. The van der Waals surface area contributed by atoms with Gasteiger partial charge in [-0.25, -0.2) is 0 Å². The molecule has 0 aliphatic carbocycles. The Morgan fingerprint density at radius 2 is 2.25 bits per heavy atom. The molecule has 20 heavy (non-hydrogen) atoms. The molecule has 1 aromatic rings. The third-order valence-electron chi connectivity index (χ3n) is 3.43. The first-order valence-electron chi connectivity index (χ1n) is 6.75. The summed E-state index contributed by atoms with van der Waals surface area (Å²) in [5.41, 5.74) is 1.04. The van der Waals surface area contributed by atoms with E-state index >= 15 is 0 Å². The van der Waals surface area contributed by atoms with Crippen molar-refractivity contribution in [2.24, 2.45) is 0 Å². The van der Waals surface area contributed by atoms with E-state index in [2.05, 4.69) is 0 Å². The van der Waals surface area contributed by atoms with Crippen molar-refractivity contribution in [1.82, 2.24) is 4.90 Å². The Kier molecular flexibility index (Phi) is 4.62. The van der Waals surface area contributed by atoms with E-state index in [4.69, 9.17) is 9.47 Å². The number of methoxy groups -OCH3 is 1. The average Bonchev–Trinajstić information content (AvgIpc) is 2.41. The quantitative estimate of drug-likeness (QED) is 0.912. The summed E-state index contributed by atoms with van der Waals surface area (Å²) in [6.07, 6.45) is -0.167. The molecule has 1 N–H and O–H groups in total. The minimum absolute atomic E-state index is 0.0418. The number of aryl methyl sites for hydroxylation is 1. The largest absolute Gasteiger partial charge is 0.507 e. The fourth-order valence-corrected chi connectivity index (χ4v) is 2.49. The third kappa shape index (κ3) is 3.11. The van der Waals surface area contributed by atoms with E-state index in [1.165, 1.54) is 0 Å². The monoisotopic (exact) mass is 279 g/mol. The number of nitrogens with zero attached hydrogens (tertiary/aromatic N) is 1. The molecule has 110 valence electrons. The van der Waals surface area contributed by atoms with Crippen LogP contribution in [-0.2, 0) is 9.47 Å². The van der Waals surface area contributed by atoms with Gasteiger partial charge in [-0.2, -0.15) is 0 Å². The van der Waals surface area contributed by atoms with Crippen LogP contribution in [-0.4, -0.2) is 54.9 Å². The van der Waals surface area contributed by atoms with Crippen LogP contribution in [0.2, 0.25) is 0 Å². The molecule has 0 saturated carbocycles. The molecule has 2 rings (SSSR count). The van der Waals surface area contributed by atoms with Crippen molar-refractivity contribution in [3.8, 4) is 5.75 Å². The van der Waals surface area contributed by atoms with Gasteiger partial charge in [-0.1, -0.05) is 12.1 Å². The van der Waals surface area contributed by atoms with Gasteiger partial charge < -0.3 is 19.5 Å². The number of benzene rings is 1. The van der Waals surface area contributed by atoms with Crippen LogP contribution in [0.4, 0.5) is 0 Å². The van der Waals surface area contributed by atoms with E-state index in [-0.39, 0.29) is 23.9 Å². The van der Waals surface area contributed by atoms with Gasteiger partial charge >= 0.3 is 0 Å². The van der Waals surface area contributed by atoms with Gasteiger partial charge in [0.15, 0.2) is 0 Å². The molecule has 1 fully saturated rings. The highest BCUT2D eigenvalue weighted by Crippen LogP contribution is 2.24. The minimum Gasteiger partial charge on any atom is -0.507 e. The fourth-order valence-electron chi connectivity index (χ4n) is 2.49. The van der Waals surface area contributed by atoms with Gasteiger partial charge in [0.25, 0.3) is 5.91 Å². The molecule has 1 amide bonds. The van der Waals surface area contributed by atoms with Gasteiger partial charge in [0.2, 0.25) is 0 Å². The van der Waals surface area contributed by atoms with E-state index < -0.39 is 0 Å². The van der Waals surface area contributed by atoms with Gasteiger partial charge in [-0.05, 0) is 25.5 Å². The molecule has 2 unspecified atom stereocenters. The Hall–Kier alpha value is -1.59. The number of morpholine rings is 1. The van der Waals surface area contributed by atoms with Gasteiger partial charge in [0, 0.05) is 20.2 Å². The topological polar surface area (TPSA) is 59.0 Å². The van der Waals surface area contributed by atoms with Crippen LogP contribution in [0, 0.1) is 6.92 Å². The number of para-hydroxylation sites is 1. The molecular formula is C15H21NO4. The Bertz CT molecular complexity index is 489. The number of phenols is 1. The average molecular weight is 279 g/mol. The smallest absolute Gasteiger partial charge is 0.257 e. The predicted octanol–water partition coefficient (Wildman–Crippen LogP) is 1.58. The number of aromatic hydroxyl groups is 1. The summed E-state index contributed by atoms with van der Waals surface area (Å²) in [5.74, 6) is -0.109. The molecule has 1 aromatic carbocycles. The van der Waals surface area contributed by atoms with Crippen molar-refractivity contribution >= 4 is 5.91 Å². The lowest BCUT2D eigenvalue weighted by molar-refractivity contribution is -0.0919. The maximum absolute atomic E-state index is 12.5. The van der Waals surface area contributed by atoms with E-state index in [0.717, 1.165) is 0 Å². The number of carbonyl (C=O) groups is 1. The van der Waals surface area contributed by atoms with Gasteiger partial charge in [-0.3, -0.25) is 4.79 Å². The van der Waals surface area contributed by atoms with Gasteiger partial charge in [-0.15, -0.1) is 0 Å². The van der Waals surface area contributed by atoms with Crippen molar-refractivity contribution in [2.75, 3.05) is 26.8 Å². The highest BCUT2D eigenvalue weighted by Gasteiger charge is 2.30. The van der Waals surface area contributed by atoms with Crippen LogP contribution >= 0.6 is 0 Å². The first kappa shape index (κ1) is 14.8. The molecule has 5 nitrogen and oxygen atoms in total. The van der Waals surface area contributed by atoms with Crippen LogP contribution in [0.3, 0.4) is 0 Å². The van der Waals surface area contributed by atoms with Crippen LogP contribution in [0.15, 0.2) is 18.2 Å². The van der Waals surface area contributed by atoms with Gasteiger partial charge in [0.05, 0.1) is 24.4 Å². The molecule has 0 spiro atoms. The maximum Gasteiger partial charge on any atom is 0.257 e. The van der Waals surface area contributed by atoms with Crippen molar-refractivity contribution in [2.45, 2.75) is 26.1 Å². The summed E-state index contributed by atoms with van der Waals surface area (Å²) in [7, 11) is 1.61. The Morgan fingerprint density at radius 3 is 2.95 bits per heavy atom. The molecule has 0 bridgehead atoms. The molecule has 5 heteroatoms. The third-order valence-corrected chi connectivity index (χ3v) is 3.43. The van der Waals surface area contributed by atoms with Gasteiger partial charge in [0.1, 0.15) is 5.75 Å². The first-order chi connectivity index (χ1) is 9.52. The number of amides is 1. The number of hydrogen-bond donors (Lipinski definition) is 1.